The van der Waals surface area contributed by atoms with Crippen LogP contribution >= 0.6 is 0 Å². The molecule has 0 fully saturated rings. The summed E-state index contributed by atoms with van der Waals surface area (Å²) in [6.45, 7) is 0.376. The lowest BCUT2D eigenvalue weighted by Crippen LogP contribution is -2.22. The van der Waals surface area contributed by atoms with E-state index in [4.69, 9.17) is 18.8 Å². The average Bonchev–Trinajstić information content (AvgIpc) is 3.45. The molecule has 0 saturated carbocycles. The number of rotatable bonds is 9. The van der Waals surface area contributed by atoms with E-state index in [-0.39, 0.29) is 5.91 Å². The van der Waals surface area contributed by atoms with Gasteiger partial charge in [0, 0.05) is 18.2 Å². The Morgan fingerprint density at radius 1 is 0.943 bits per heavy atom. The van der Waals surface area contributed by atoms with Crippen molar-refractivity contribution in [3.8, 4) is 29.3 Å². The highest BCUT2D eigenvalue weighted by molar-refractivity contribution is 5.94. The van der Waals surface area contributed by atoms with E-state index in [0.717, 1.165) is 11.1 Å². The van der Waals surface area contributed by atoms with Crippen LogP contribution in [0.2, 0.25) is 0 Å². The number of nitrogens with one attached hydrogen (secondary N) is 3. The number of anilines is 2. The first-order valence-electron chi connectivity index (χ1n) is 10.6. The number of aromatic nitrogens is 1. The summed E-state index contributed by atoms with van der Waals surface area (Å²) in [4.78, 5) is 26.3. The van der Waals surface area contributed by atoms with Gasteiger partial charge in [-0.1, -0.05) is 30.3 Å². The minimum atomic E-state index is -0.138. The molecule has 176 valence electrons. The second-order valence-electron chi connectivity index (χ2n) is 7.14. The third kappa shape index (κ3) is 6.46. The maximum absolute atomic E-state index is 12.2. The van der Waals surface area contributed by atoms with Crippen LogP contribution in [0.1, 0.15) is 15.9 Å². The molecule has 4 aromatic rings. The summed E-state index contributed by atoms with van der Waals surface area (Å²) in [5.74, 6) is 1.04. The van der Waals surface area contributed by atoms with Crippen LogP contribution in [0, 0.1) is 12.2 Å². The molecule has 0 atom stereocenters. The number of amides is 1. The van der Waals surface area contributed by atoms with Gasteiger partial charge in [-0.15, -0.1) is 0 Å². The number of ether oxygens (including phenoxy) is 1. The minimum absolute atomic E-state index is 0.138. The van der Waals surface area contributed by atoms with Crippen LogP contribution in [-0.4, -0.2) is 18.0 Å². The number of hydrogen-bond acceptors (Lipinski definition) is 8. The fourth-order valence-corrected chi connectivity index (χ4v) is 3.14. The average molecular weight is 470 g/mol. The van der Waals surface area contributed by atoms with Gasteiger partial charge >= 0.3 is 0 Å². The molecule has 0 radical (unpaired) electrons. The molecule has 0 aliphatic heterocycles. The Hall–Kier alpha value is -5.10. The molecule has 3 N–H and O–H groups in total. The van der Waals surface area contributed by atoms with Crippen molar-refractivity contribution in [3.05, 3.63) is 96.5 Å². The molecule has 0 aliphatic carbocycles. The Balaban J connectivity index is 1.23. The zero-order valence-corrected chi connectivity index (χ0v) is 18.8. The Morgan fingerprint density at radius 2 is 1.71 bits per heavy atom. The van der Waals surface area contributed by atoms with Gasteiger partial charge in [-0.25, -0.2) is 15.9 Å². The summed E-state index contributed by atoms with van der Waals surface area (Å²) in [5, 5.41) is 2.88. The van der Waals surface area contributed by atoms with Crippen LogP contribution < -0.4 is 21.0 Å². The number of methoxy groups -OCH3 is 1. The number of nitrogens with zero attached hydrogens (tertiary/aromatic N) is 1. The molecule has 0 unspecified atom stereocenters. The van der Waals surface area contributed by atoms with Crippen LogP contribution in [0.3, 0.4) is 0 Å². The molecule has 3 aromatic carbocycles. The molecule has 0 saturated heterocycles. The highest BCUT2D eigenvalue weighted by Crippen LogP contribution is 2.32. The van der Waals surface area contributed by atoms with Crippen LogP contribution in [0.4, 0.5) is 11.4 Å². The fraction of sp³-hybridized carbons (Fsp3) is 0.0769. The molecule has 0 bridgehead atoms. The van der Waals surface area contributed by atoms with E-state index >= 15 is 0 Å². The molecule has 1 aromatic heterocycles. The third-order valence-electron chi connectivity index (χ3n) is 4.80. The zero-order valence-electron chi connectivity index (χ0n) is 18.8. The lowest BCUT2D eigenvalue weighted by molar-refractivity contribution is 0.0951. The van der Waals surface area contributed by atoms with Gasteiger partial charge in [0.1, 0.15) is 5.75 Å². The quantitative estimate of drug-likeness (QED) is 0.241. The number of benzene rings is 3. The molecule has 4 rings (SSSR count). The van der Waals surface area contributed by atoms with Gasteiger partial charge in [-0.3, -0.25) is 4.79 Å². The van der Waals surface area contributed by atoms with E-state index in [1.807, 2.05) is 48.5 Å². The highest BCUT2D eigenvalue weighted by Gasteiger charge is 2.10. The van der Waals surface area contributed by atoms with Crippen molar-refractivity contribution < 1.29 is 23.6 Å². The normalized spacial score (nSPS) is 9.86. The lowest BCUT2D eigenvalue weighted by Gasteiger charge is -2.09. The van der Waals surface area contributed by atoms with E-state index in [2.05, 4.69) is 33.5 Å². The van der Waals surface area contributed by atoms with Crippen molar-refractivity contribution in [2.45, 2.75) is 6.54 Å². The van der Waals surface area contributed by atoms with Crippen molar-refractivity contribution in [2.24, 2.45) is 0 Å². The van der Waals surface area contributed by atoms with Crippen molar-refractivity contribution in [3.63, 3.8) is 0 Å². The van der Waals surface area contributed by atoms with Crippen molar-refractivity contribution in [1.82, 2.24) is 10.3 Å². The third-order valence-corrected chi connectivity index (χ3v) is 4.80. The predicted octanol–water partition coefficient (Wildman–Crippen LogP) is 4.59. The Labute approximate surface area is 202 Å². The van der Waals surface area contributed by atoms with Crippen molar-refractivity contribution in [1.29, 1.82) is 0 Å². The first-order chi connectivity index (χ1) is 17.2. The van der Waals surface area contributed by atoms with Crippen LogP contribution in [0.15, 0.2) is 89.8 Å². The summed E-state index contributed by atoms with van der Waals surface area (Å²) in [6, 6.07) is 21.8. The SMILES string of the molecule is COc1cc(NOC#CONc2cccc(CNC(=O)c3ccccc3)c2)ccc1-c1cnco1. The maximum Gasteiger partial charge on any atom is 0.251 e. The second-order valence-corrected chi connectivity index (χ2v) is 7.14. The summed E-state index contributed by atoms with van der Waals surface area (Å²) in [6.07, 6.45) is 7.73. The van der Waals surface area contributed by atoms with Gasteiger partial charge < -0.3 is 24.1 Å². The van der Waals surface area contributed by atoms with Gasteiger partial charge in [-0.2, -0.15) is 0 Å². The van der Waals surface area contributed by atoms with Gasteiger partial charge in [0.25, 0.3) is 5.91 Å². The summed E-state index contributed by atoms with van der Waals surface area (Å²) >= 11 is 0. The highest BCUT2D eigenvalue weighted by atomic mass is 16.7. The summed E-state index contributed by atoms with van der Waals surface area (Å²) < 4.78 is 10.7. The Morgan fingerprint density at radius 3 is 2.43 bits per heavy atom. The molecule has 0 aliphatic rings. The number of carbonyl (C=O) groups excluding carboxylic acids is 1. The lowest BCUT2D eigenvalue weighted by atomic mass is 10.1. The van der Waals surface area contributed by atoms with Gasteiger partial charge in [0.15, 0.2) is 24.4 Å². The van der Waals surface area contributed by atoms with Gasteiger partial charge in [0.2, 0.25) is 0 Å². The van der Waals surface area contributed by atoms with E-state index in [1.54, 1.807) is 37.6 Å². The predicted molar refractivity (Wildman–Crippen MR) is 130 cm³/mol. The summed E-state index contributed by atoms with van der Waals surface area (Å²) in [7, 11) is 1.56. The summed E-state index contributed by atoms with van der Waals surface area (Å²) in [5.41, 5.74) is 8.97. The van der Waals surface area contributed by atoms with E-state index in [1.165, 1.54) is 6.39 Å². The molecular weight excluding hydrogens is 448 g/mol. The largest absolute Gasteiger partial charge is 0.496 e. The Bertz CT molecular complexity index is 1310. The monoisotopic (exact) mass is 470 g/mol. The second kappa shape index (κ2) is 11.7. The van der Waals surface area contributed by atoms with Crippen molar-refractivity contribution in [2.75, 3.05) is 18.1 Å². The molecule has 1 amide bonds. The standard InChI is InChI=1S/C26H22N4O5/c1-32-24-15-22(10-11-23(24)25-17-27-18-33-25)30-35-13-12-34-29-21-9-5-6-19(14-21)16-28-26(31)20-7-3-2-4-8-20/h2-11,14-15,17-18,29-30H,16H2,1H3,(H,28,31). The molecule has 0 spiro atoms. The molecular formula is C26H22N4O5. The van der Waals surface area contributed by atoms with Gasteiger partial charge in [0.05, 0.1) is 30.2 Å². The van der Waals surface area contributed by atoms with Crippen LogP contribution in [0.5, 0.6) is 5.75 Å². The molecule has 35 heavy (non-hydrogen) atoms. The number of carbonyl (C=O) groups is 1. The number of oxazole rings is 1. The van der Waals surface area contributed by atoms with E-state index in [0.29, 0.717) is 35.0 Å². The minimum Gasteiger partial charge on any atom is -0.496 e. The first kappa shape index (κ1) is 23.1. The molecule has 9 nitrogen and oxygen atoms in total. The van der Waals surface area contributed by atoms with Crippen LogP contribution in [-0.2, 0) is 16.2 Å². The molecule has 9 heteroatoms. The zero-order chi connectivity index (χ0) is 24.3. The van der Waals surface area contributed by atoms with Gasteiger partial charge in [-0.05, 0) is 42.0 Å². The van der Waals surface area contributed by atoms with E-state index in [9.17, 15) is 4.79 Å². The first-order valence-corrected chi connectivity index (χ1v) is 10.6. The number of hydrogen-bond donors (Lipinski definition) is 3. The fourth-order valence-electron chi connectivity index (χ4n) is 3.14. The topological polar surface area (TPSA) is 107 Å². The molecule has 1 heterocycles. The van der Waals surface area contributed by atoms with E-state index < -0.39 is 0 Å². The van der Waals surface area contributed by atoms with Crippen LogP contribution in [0.25, 0.3) is 11.3 Å². The van der Waals surface area contributed by atoms with Crippen molar-refractivity contribution >= 4 is 17.3 Å². The Kier molecular flexibility index (Phi) is 7.69. The maximum atomic E-state index is 12.2. The smallest absolute Gasteiger partial charge is 0.251 e.